The third kappa shape index (κ3) is 2.34. The number of benzene rings is 1. The van der Waals surface area contributed by atoms with Crippen LogP contribution in [-0.2, 0) is 4.74 Å². The van der Waals surface area contributed by atoms with Crippen LogP contribution in [0.4, 0.5) is 6.01 Å². The molecule has 2 heterocycles. The van der Waals surface area contributed by atoms with E-state index in [1.807, 2.05) is 6.07 Å². The number of rotatable bonds is 3. The molecule has 1 saturated heterocycles. The molecule has 20 heavy (non-hydrogen) atoms. The Balaban J connectivity index is 1.97. The van der Waals surface area contributed by atoms with Crippen molar-refractivity contribution in [3.05, 3.63) is 23.8 Å². The molecule has 3 rings (SSSR count). The lowest BCUT2D eigenvalue weighted by Gasteiger charge is -2.25. The molecule has 0 amide bonds. The highest BCUT2D eigenvalue weighted by Gasteiger charge is 2.20. The monoisotopic (exact) mass is 275 g/mol. The van der Waals surface area contributed by atoms with Crippen LogP contribution in [0.1, 0.15) is 17.3 Å². The number of carbonyl (C=O) groups is 1. The highest BCUT2D eigenvalue weighted by molar-refractivity contribution is 6.01. The quantitative estimate of drug-likeness (QED) is 0.854. The molecule has 1 fully saturated rings. The van der Waals surface area contributed by atoms with Gasteiger partial charge in [0, 0.05) is 26.2 Å². The summed E-state index contributed by atoms with van der Waals surface area (Å²) >= 11 is 0. The van der Waals surface area contributed by atoms with Gasteiger partial charge in [-0.15, -0.1) is 0 Å². The van der Waals surface area contributed by atoms with Gasteiger partial charge in [0.05, 0.1) is 6.61 Å². The molecular weight excluding hydrogens is 258 g/mol. The molecule has 1 N–H and O–H groups in total. The number of fused-ring (bicyclic) bond motifs is 1. The van der Waals surface area contributed by atoms with Gasteiger partial charge in [0.2, 0.25) is 0 Å². The van der Waals surface area contributed by atoms with Gasteiger partial charge in [0.1, 0.15) is 11.1 Å². The number of oxazole rings is 1. The number of carbonyl (C=O) groups excluding carboxylic acids is 1. The molecule has 0 atom stereocenters. The second-order valence-electron chi connectivity index (χ2n) is 4.61. The van der Waals surface area contributed by atoms with Crippen molar-refractivity contribution in [2.75, 3.05) is 37.7 Å². The number of hydrogen-bond donors (Lipinski definition) is 1. The number of nitrogens with zero attached hydrogens (tertiary/aromatic N) is 2. The number of nitrogens with one attached hydrogen (secondary N) is 1. The molecule has 1 aliphatic heterocycles. The molecular formula is C14H17N3O3. The molecule has 0 spiro atoms. The largest absolute Gasteiger partial charge is 0.462 e. The van der Waals surface area contributed by atoms with Gasteiger partial charge in [-0.2, -0.15) is 4.98 Å². The van der Waals surface area contributed by atoms with E-state index in [0.29, 0.717) is 29.3 Å². The lowest BCUT2D eigenvalue weighted by molar-refractivity contribution is 0.0527. The van der Waals surface area contributed by atoms with Crippen LogP contribution in [0.25, 0.3) is 11.1 Å². The van der Waals surface area contributed by atoms with Crippen molar-refractivity contribution in [2.45, 2.75) is 6.92 Å². The second kappa shape index (κ2) is 5.50. The van der Waals surface area contributed by atoms with Gasteiger partial charge in [-0.25, -0.2) is 4.79 Å². The number of anilines is 1. The van der Waals surface area contributed by atoms with Gasteiger partial charge in [-0.3, -0.25) is 0 Å². The molecule has 1 aliphatic rings. The highest BCUT2D eigenvalue weighted by atomic mass is 16.5. The van der Waals surface area contributed by atoms with Crippen molar-refractivity contribution < 1.29 is 13.9 Å². The summed E-state index contributed by atoms with van der Waals surface area (Å²) in [5, 5.41) is 3.28. The fraction of sp³-hybridized carbons (Fsp3) is 0.429. The summed E-state index contributed by atoms with van der Waals surface area (Å²) in [6.45, 7) is 5.63. The molecule has 0 bridgehead atoms. The maximum absolute atomic E-state index is 11.9. The van der Waals surface area contributed by atoms with E-state index < -0.39 is 0 Å². The van der Waals surface area contributed by atoms with Gasteiger partial charge >= 0.3 is 5.97 Å². The first-order valence-corrected chi connectivity index (χ1v) is 6.82. The number of piperazine rings is 1. The van der Waals surface area contributed by atoms with Crippen molar-refractivity contribution in [2.24, 2.45) is 0 Å². The van der Waals surface area contributed by atoms with Crippen LogP contribution in [0.2, 0.25) is 0 Å². The SMILES string of the molecule is CCOC(=O)c1cccc2nc(N3CCNCC3)oc12. The molecule has 1 aromatic heterocycles. The lowest BCUT2D eigenvalue weighted by Crippen LogP contribution is -2.43. The van der Waals surface area contributed by atoms with Crippen LogP contribution in [0.3, 0.4) is 0 Å². The fourth-order valence-electron chi connectivity index (χ4n) is 2.30. The van der Waals surface area contributed by atoms with Crippen LogP contribution in [0.5, 0.6) is 0 Å². The topological polar surface area (TPSA) is 67.6 Å². The smallest absolute Gasteiger partial charge is 0.342 e. The van der Waals surface area contributed by atoms with Crippen molar-refractivity contribution >= 4 is 23.1 Å². The van der Waals surface area contributed by atoms with E-state index in [4.69, 9.17) is 9.15 Å². The van der Waals surface area contributed by atoms with E-state index in [9.17, 15) is 4.79 Å². The molecule has 2 aromatic rings. The summed E-state index contributed by atoms with van der Waals surface area (Å²) in [5.74, 6) is -0.374. The summed E-state index contributed by atoms with van der Waals surface area (Å²) in [4.78, 5) is 18.4. The van der Waals surface area contributed by atoms with Crippen LogP contribution in [-0.4, -0.2) is 43.7 Å². The normalized spacial score (nSPS) is 15.6. The summed E-state index contributed by atoms with van der Waals surface area (Å²) in [7, 11) is 0. The minimum absolute atomic E-state index is 0.341. The molecule has 6 heteroatoms. The predicted molar refractivity (Wildman–Crippen MR) is 75.0 cm³/mol. The Morgan fingerprint density at radius 1 is 1.45 bits per heavy atom. The third-order valence-corrected chi connectivity index (χ3v) is 3.29. The van der Waals surface area contributed by atoms with Crippen LogP contribution < -0.4 is 10.2 Å². The Morgan fingerprint density at radius 3 is 3.00 bits per heavy atom. The van der Waals surface area contributed by atoms with E-state index in [1.54, 1.807) is 19.1 Å². The zero-order valence-corrected chi connectivity index (χ0v) is 11.4. The van der Waals surface area contributed by atoms with E-state index in [-0.39, 0.29) is 5.97 Å². The zero-order valence-electron chi connectivity index (χ0n) is 11.4. The average molecular weight is 275 g/mol. The summed E-state index contributed by atoms with van der Waals surface area (Å²) in [5.41, 5.74) is 1.61. The van der Waals surface area contributed by atoms with E-state index in [0.717, 1.165) is 26.2 Å². The first-order valence-electron chi connectivity index (χ1n) is 6.82. The van der Waals surface area contributed by atoms with Gasteiger partial charge < -0.3 is 19.4 Å². The number of aromatic nitrogens is 1. The van der Waals surface area contributed by atoms with E-state index in [1.165, 1.54) is 0 Å². The second-order valence-corrected chi connectivity index (χ2v) is 4.61. The molecule has 6 nitrogen and oxygen atoms in total. The summed E-state index contributed by atoms with van der Waals surface area (Å²) in [6.07, 6.45) is 0. The zero-order chi connectivity index (χ0) is 13.9. The van der Waals surface area contributed by atoms with Crippen molar-refractivity contribution in [3.8, 4) is 0 Å². The maximum atomic E-state index is 11.9. The minimum atomic E-state index is -0.374. The van der Waals surface area contributed by atoms with Crippen LogP contribution >= 0.6 is 0 Å². The van der Waals surface area contributed by atoms with Crippen LogP contribution in [0.15, 0.2) is 22.6 Å². The Morgan fingerprint density at radius 2 is 2.25 bits per heavy atom. The molecule has 0 aliphatic carbocycles. The van der Waals surface area contributed by atoms with E-state index in [2.05, 4.69) is 15.2 Å². The van der Waals surface area contributed by atoms with Gasteiger partial charge in [0.25, 0.3) is 6.01 Å². The maximum Gasteiger partial charge on any atom is 0.342 e. The highest BCUT2D eigenvalue weighted by Crippen LogP contribution is 2.25. The van der Waals surface area contributed by atoms with Crippen molar-refractivity contribution in [1.82, 2.24) is 10.3 Å². The number of esters is 1. The van der Waals surface area contributed by atoms with Gasteiger partial charge in [-0.05, 0) is 19.1 Å². The molecule has 106 valence electrons. The van der Waals surface area contributed by atoms with Gasteiger partial charge in [0.15, 0.2) is 5.58 Å². The molecule has 0 unspecified atom stereocenters. The summed E-state index contributed by atoms with van der Waals surface area (Å²) < 4.78 is 10.8. The van der Waals surface area contributed by atoms with Crippen LogP contribution in [0, 0.1) is 0 Å². The number of para-hydroxylation sites is 1. The minimum Gasteiger partial charge on any atom is -0.462 e. The average Bonchev–Trinajstić information content (AvgIpc) is 2.92. The third-order valence-electron chi connectivity index (χ3n) is 3.29. The Kier molecular flexibility index (Phi) is 3.56. The Labute approximate surface area is 116 Å². The first kappa shape index (κ1) is 12.9. The van der Waals surface area contributed by atoms with E-state index >= 15 is 0 Å². The first-order chi connectivity index (χ1) is 9.79. The molecule has 0 saturated carbocycles. The fourth-order valence-corrected chi connectivity index (χ4v) is 2.30. The number of hydrogen-bond acceptors (Lipinski definition) is 6. The van der Waals surface area contributed by atoms with Crippen molar-refractivity contribution in [3.63, 3.8) is 0 Å². The predicted octanol–water partition coefficient (Wildman–Crippen LogP) is 1.41. The Hall–Kier alpha value is -2.08. The molecule has 0 radical (unpaired) electrons. The standard InChI is InChI=1S/C14H17N3O3/c1-2-19-13(18)10-4-3-5-11-12(10)20-14(16-11)17-8-6-15-7-9-17/h3-5,15H,2,6-9H2,1H3. The van der Waals surface area contributed by atoms with Gasteiger partial charge in [-0.1, -0.05) is 6.07 Å². The lowest BCUT2D eigenvalue weighted by atomic mass is 10.2. The Bertz CT molecular complexity index is 617. The number of ether oxygens (including phenoxy) is 1. The molecule has 1 aromatic carbocycles. The van der Waals surface area contributed by atoms with Crippen molar-refractivity contribution in [1.29, 1.82) is 0 Å². The summed E-state index contributed by atoms with van der Waals surface area (Å²) in [6, 6.07) is 5.90.